The molecule has 0 aliphatic heterocycles. The molecule has 2 heterocycles. The van der Waals surface area contributed by atoms with Crippen LogP contribution in [0.2, 0.25) is 0 Å². The molecule has 0 saturated carbocycles. The summed E-state index contributed by atoms with van der Waals surface area (Å²) in [7, 11) is 0. The van der Waals surface area contributed by atoms with Gasteiger partial charge in [-0.15, -0.1) is 0 Å². The quantitative estimate of drug-likeness (QED) is 0.156. The van der Waals surface area contributed by atoms with Crippen molar-refractivity contribution < 1.29 is 9.53 Å². The Morgan fingerprint density at radius 1 is 0.850 bits per heavy atom. The highest BCUT2D eigenvalue weighted by Crippen LogP contribution is 2.34. The zero-order valence-corrected chi connectivity index (χ0v) is 22.9. The van der Waals surface area contributed by atoms with Crippen LogP contribution in [-0.2, 0) is 4.79 Å². The number of carbonyl (C=O) groups excluding carboxylic acids is 1. The number of halogens is 1. The SMILES string of the molecule is O=C(COc1ccc(-c2cc(-c3ccccc3)c3cc(Br)ccc3n2)cc1)N/N=C/c1ccc2ncccc2c1. The molecule has 7 heteroatoms. The third kappa shape index (κ3) is 5.75. The lowest BCUT2D eigenvalue weighted by Gasteiger charge is -2.11. The lowest BCUT2D eigenvalue weighted by molar-refractivity contribution is -0.123. The first-order chi connectivity index (χ1) is 19.6. The number of ether oxygens (including phenoxy) is 1. The van der Waals surface area contributed by atoms with E-state index in [0.29, 0.717) is 5.75 Å². The summed E-state index contributed by atoms with van der Waals surface area (Å²) in [6.45, 7) is -0.153. The Bertz CT molecular complexity index is 1860. The molecule has 194 valence electrons. The van der Waals surface area contributed by atoms with E-state index >= 15 is 0 Å². The minimum absolute atomic E-state index is 0.153. The number of hydrazone groups is 1. The Hall–Kier alpha value is -4.88. The molecule has 1 N–H and O–H groups in total. The van der Waals surface area contributed by atoms with Crippen molar-refractivity contribution in [2.75, 3.05) is 6.61 Å². The molecule has 6 rings (SSSR count). The fourth-order valence-electron chi connectivity index (χ4n) is 4.46. The monoisotopic (exact) mass is 586 g/mol. The zero-order chi connectivity index (χ0) is 27.3. The molecule has 0 fully saturated rings. The van der Waals surface area contributed by atoms with Gasteiger partial charge >= 0.3 is 0 Å². The molecule has 4 aromatic carbocycles. The van der Waals surface area contributed by atoms with Gasteiger partial charge in [0.25, 0.3) is 5.91 Å². The van der Waals surface area contributed by atoms with Gasteiger partial charge in [0, 0.05) is 27.0 Å². The molecular formula is C33H23BrN4O2. The van der Waals surface area contributed by atoms with Crippen LogP contribution in [0.4, 0.5) is 0 Å². The lowest BCUT2D eigenvalue weighted by atomic mass is 9.98. The van der Waals surface area contributed by atoms with Crippen LogP contribution >= 0.6 is 15.9 Å². The average molecular weight is 587 g/mol. The maximum absolute atomic E-state index is 12.3. The summed E-state index contributed by atoms with van der Waals surface area (Å²) < 4.78 is 6.68. The maximum Gasteiger partial charge on any atom is 0.277 e. The van der Waals surface area contributed by atoms with Crippen molar-refractivity contribution in [2.45, 2.75) is 0 Å². The maximum atomic E-state index is 12.3. The minimum atomic E-state index is -0.349. The number of rotatable bonds is 7. The molecule has 0 unspecified atom stereocenters. The Kier molecular flexibility index (Phi) is 7.28. The van der Waals surface area contributed by atoms with Crippen molar-refractivity contribution in [3.63, 3.8) is 0 Å². The number of fused-ring (bicyclic) bond motifs is 2. The van der Waals surface area contributed by atoms with Gasteiger partial charge in [-0.1, -0.05) is 58.4 Å². The Morgan fingerprint density at radius 3 is 2.52 bits per heavy atom. The van der Waals surface area contributed by atoms with E-state index in [2.05, 4.69) is 55.7 Å². The van der Waals surface area contributed by atoms with E-state index in [9.17, 15) is 4.79 Å². The average Bonchev–Trinajstić information content (AvgIpc) is 3.00. The van der Waals surface area contributed by atoms with Crippen LogP contribution in [0.1, 0.15) is 5.56 Å². The van der Waals surface area contributed by atoms with Crippen LogP contribution in [0.3, 0.4) is 0 Å². The first-order valence-corrected chi connectivity index (χ1v) is 13.5. The summed E-state index contributed by atoms with van der Waals surface area (Å²) in [5.41, 5.74) is 9.24. The Balaban J connectivity index is 1.12. The summed E-state index contributed by atoms with van der Waals surface area (Å²) in [6, 6.07) is 35.7. The van der Waals surface area contributed by atoms with Crippen molar-refractivity contribution in [3.8, 4) is 28.1 Å². The van der Waals surface area contributed by atoms with Crippen LogP contribution in [0.25, 0.3) is 44.2 Å². The number of hydrogen-bond acceptors (Lipinski definition) is 5. The highest BCUT2D eigenvalue weighted by Gasteiger charge is 2.11. The van der Waals surface area contributed by atoms with E-state index in [1.807, 2.05) is 84.9 Å². The number of hydrogen-bond donors (Lipinski definition) is 1. The molecule has 6 aromatic rings. The van der Waals surface area contributed by atoms with Crippen LogP contribution < -0.4 is 10.2 Å². The minimum Gasteiger partial charge on any atom is -0.484 e. The fourth-order valence-corrected chi connectivity index (χ4v) is 4.82. The number of amides is 1. The summed E-state index contributed by atoms with van der Waals surface area (Å²) in [6.07, 6.45) is 3.35. The largest absolute Gasteiger partial charge is 0.484 e. The van der Waals surface area contributed by atoms with E-state index in [1.165, 1.54) is 0 Å². The summed E-state index contributed by atoms with van der Waals surface area (Å²) in [5, 5.41) is 6.13. The molecule has 1 amide bonds. The van der Waals surface area contributed by atoms with Crippen molar-refractivity contribution in [3.05, 3.63) is 125 Å². The van der Waals surface area contributed by atoms with Crippen LogP contribution in [-0.4, -0.2) is 28.7 Å². The molecule has 0 radical (unpaired) electrons. The number of benzene rings is 4. The fraction of sp³-hybridized carbons (Fsp3) is 0.0303. The second-order valence-electron chi connectivity index (χ2n) is 9.14. The second kappa shape index (κ2) is 11.5. The summed E-state index contributed by atoms with van der Waals surface area (Å²) >= 11 is 3.59. The van der Waals surface area contributed by atoms with E-state index in [0.717, 1.165) is 54.2 Å². The van der Waals surface area contributed by atoms with Gasteiger partial charge in [-0.25, -0.2) is 10.4 Å². The van der Waals surface area contributed by atoms with Gasteiger partial charge in [0.05, 0.1) is 22.9 Å². The molecule has 0 atom stereocenters. The molecule has 0 bridgehead atoms. The zero-order valence-electron chi connectivity index (χ0n) is 21.3. The second-order valence-corrected chi connectivity index (χ2v) is 10.1. The standard InChI is InChI=1S/C33H23BrN4O2/c34-26-11-15-31-29(18-26)28(23-5-2-1-3-6-23)19-32(37-31)24-9-12-27(13-10-24)40-21-33(39)38-36-20-22-8-14-30-25(17-22)7-4-16-35-30/h1-20H,21H2,(H,38,39)/b36-20+. The van der Waals surface area contributed by atoms with Gasteiger partial charge in [-0.2, -0.15) is 5.10 Å². The Morgan fingerprint density at radius 2 is 1.68 bits per heavy atom. The van der Waals surface area contributed by atoms with Crippen molar-refractivity contribution in [1.29, 1.82) is 0 Å². The molecule has 2 aromatic heterocycles. The molecule has 0 aliphatic carbocycles. The van der Waals surface area contributed by atoms with Gasteiger partial charge in [0.2, 0.25) is 0 Å². The van der Waals surface area contributed by atoms with Gasteiger partial charge in [0.1, 0.15) is 5.75 Å². The first-order valence-electron chi connectivity index (χ1n) is 12.7. The lowest BCUT2D eigenvalue weighted by Crippen LogP contribution is -2.24. The van der Waals surface area contributed by atoms with Crippen molar-refractivity contribution >= 4 is 49.9 Å². The van der Waals surface area contributed by atoms with Crippen molar-refractivity contribution in [2.24, 2.45) is 5.10 Å². The predicted octanol–water partition coefficient (Wildman–Crippen LogP) is 7.41. The van der Waals surface area contributed by atoms with Gasteiger partial charge in [-0.3, -0.25) is 9.78 Å². The van der Waals surface area contributed by atoms with Crippen molar-refractivity contribution in [1.82, 2.24) is 15.4 Å². The topological polar surface area (TPSA) is 76.5 Å². The normalized spacial score (nSPS) is 11.2. The number of pyridine rings is 2. The third-order valence-electron chi connectivity index (χ3n) is 6.41. The van der Waals surface area contributed by atoms with Gasteiger partial charge in [0.15, 0.2) is 6.61 Å². The molecule has 0 saturated heterocycles. The number of nitrogens with one attached hydrogen (secondary N) is 1. The van der Waals surface area contributed by atoms with Gasteiger partial charge < -0.3 is 4.74 Å². The highest BCUT2D eigenvalue weighted by atomic mass is 79.9. The smallest absolute Gasteiger partial charge is 0.277 e. The van der Waals surface area contributed by atoms with E-state index in [-0.39, 0.29) is 12.5 Å². The molecule has 0 aliphatic rings. The highest BCUT2D eigenvalue weighted by molar-refractivity contribution is 9.10. The van der Waals surface area contributed by atoms with E-state index < -0.39 is 0 Å². The summed E-state index contributed by atoms with van der Waals surface area (Å²) in [5.74, 6) is 0.232. The number of carbonyl (C=O) groups is 1. The number of nitrogens with zero attached hydrogens (tertiary/aromatic N) is 3. The van der Waals surface area contributed by atoms with E-state index in [1.54, 1.807) is 12.4 Å². The molecule has 0 spiro atoms. The van der Waals surface area contributed by atoms with Crippen LogP contribution in [0.15, 0.2) is 125 Å². The molecular weight excluding hydrogens is 564 g/mol. The van der Waals surface area contributed by atoms with E-state index in [4.69, 9.17) is 9.72 Å². The van der Waals surface area contributed by atoms with Gasteiger partial charge in [-0.05, 0) is 83.4 Å². The number of aromatic nitrogens is 2. The summed E-state index contributed by atoms with van der Waals surface area (Å²) in [4.78, 5) is 21.5. The molecule has 6 nitrogen and oxygen atoms in total. The van der Waals surface area contributed by atoms with Crippen LogP contribution in [0, 0.1) is 0 Å². The third-order valence-corrected chi connectivity index (χ3v) is 6.90. The molecule has 40 heavy (non-hydrogen) atoms. The predicted molar refractivity (Wildman–Crippen MR) is 163 cm³/mol. The van der Waals surface area contributed by atoms with Crippen LogP contribution in [0.5, 0.6) is 5.75 Å². The first kappa shape index (κ1) is 25.4. The Labute approximate surface area is 239 Å².